The molecule has 0 aromatic carbocycles. The van der Waals surface area contributed by atoms with Gasteiger partial charge in [0, 0.05) is 0 Å². The van der Waals surface area contributed by atoms with Gasteiger partial charge in [0.15, 0.2) is 0 Å². The quantitative estimate of drug-likeness (QED) is 0.480. The molecule has 0 aliphatic heterocycles. The topological polar surface area (TPSA) is 20.2 Å². The Kier molecular flexibility index (Phi) is 7.59. The van der Waals surface area contributed by atoms with E-state index in [-0.39, 0.29) is 6.10 Å². The average Bonchev–Trinajstić information content (AvgIpc) is 2.33. The molecule has 1 N–H and O–H groups in total. The number of allylic oxidation sites excluding steroid dienone is 1. The molecule has 0 spiro atoms. The summed E-state index contributed by atoms with van der Waals surface area (Å²) in [6, 6.07) is 0. The highest BCUT2D eigenvalue weighted by Crippen LogP contribution is 2.34. The van der Waals surface area contributed by atoms with Crippen LogP contribution in [0.3, 0.4) is 0 Å². The van der Waals surface area contributed by atoms with Crippen LogP contribution in [0.1, 0.15) is 71.1 Å². The van der Waals surface area contributed by atoms with E-state index in [4.69, 9.17) is 0 Å². The van der Waals surface area contributed by atoms with E-state index in [1.807, 2.05) is 6.08 Å². The van der Waals surface area contributed by atoms with Crippen LogP contribution in [-0.2, 0) is 0 Å². The Morgan fingerprint density at radius 1 is 1.18 bits per heavy atom. The van der Waals surface area contributed by atoms with Gasteiger partial charge in [-0.15, -0.1) is 6.58 Å². The summed E-state index contributed by atoms with van der Waals surface area (Å²) < 4.78 is 0. The summed E-state index contributed by atoms with van der Waals surface area (Å²) >= 11 is 0. The summed E-state index contributed by atoms with van der Waals surface area (Å²) in [4.78, 5) is 0. The molecule has 1 aliphatic rings. The van der Waals surface area contributed by atoms with Crippen LogP contribution < -0.4 is 0 Å². The molecule has 0 radical (unpaired) electrons. The van der Waals surface area contributed by atoms with Gasteiger partial charge in [-0.05, 0) is 50.4 Å². The molecule has 1 saturated carbocycles. The summed E-state index contributed by atoms with van der Waals surface area (Å²) in [7, 11) is 0. The lowest BCUT2D eigenvalue weighted by Crippen LogP contribution is -2.29. The summed E-state index contributed by atoms with van der Waals surface area (Å²) in [5, 5.41) is 10.0. The second-order valence-corrected chi connectivity index (χ2v) is 5.72. The predicted octanol–water partition coefficient (Wildman–Crippen LogP) is 4.70. The minimum atomic E-state index is -0.0116. The van der Waals surface area contributed by atoms with Gasteiger partial charge in [0.05, 0.1) is 6.10 Å². The van der Waals surface area contributed by atoms with Crippen molar-refractivity contribution in [3.05, 3.63) is 12.7 Å². The van der Waals surface area contributed by atoms with Crippen molar-refractivity contribution in [3.63, 3.8) is 0 Å². The van der Waals surface area contributed by atoms with Gasteiger partial charge in [-0.1, -0.05) is 38.7 Å². The Labute approximate surface area is 107 Å². The van der Waals surface area contributed by atoms with Crippen LogP contribution in [0, 0.1) is 11.8 Å². The molecule has 1 nitrogen and oxygen atoms in total. The van der Waals surface area contributed by atoms with Crippen molar-refractivity contribution in [1.82, 2.24) is 0 Å². The zero-order valence-corrected chi connectivity index (χ0v) is 11.5. The molecule has 1 heteroatoms. The molecule has 0 amide bonds. The summed E-state index contributed by atoms with van der Waals surface area (Å²) in [6.07, 6.45) is 14.5. The SMILES string of the molecule is C=CCCCCCC1CC(CCC)CCC1O. The van der Waals surface area contributed by atoms with E-state index in [2.05, 4.69) is 13.5 Å². The molecule has 17 heavy (non-hydrogen) atoms. The minimum absolute atomic E-state index is 0.0116. The van der Waals surface area contributed by atoms with E-state index in [1.165, 1.54) is 51.4 Å². The maximum atomic E-state index is 10.0. The third-order valence-corrected chi connectivity index (χ3v) is 4.23. The normalized spacial score (nSPS) is 29.2. The predicted molar refractivity (Wildman–Crippen MR) is 75.0 cm³/mol. The Bertz CT molecular complexity index is 200. The molecule has 0 heterocycles. The van der Waals surface area contributed by atoms with Gasteiger partial charge in [-0.3, -0.25) is 0 Å². The number of hydrogen-bond acceptors (Lipinski definition) is 1. The molecule has 0 aromatic heterocycles. The van der Waals surface area contributed by atoms with Gasteiger partial charge in [0.25, 0.3) is 0 Å². The van der Waals surface area contributed by atoms with E-state index in [0.29, 0.717) is 5.92 Å². The van der Waals surface area contributed by atoms with Crippen LogP contribution in [0.4, 0.5) is 0 Å². The smallest absolute Gasteiger partial charge is 0.0568 e. The van der Waals surface area contributed by atoms with Crippen molar-refractivity contribution >= 4 is 0 Å². The lowest BCUT2D eigenvalue weighted by molar-refractivity contribution is 0.0406. The first-order valence-electron chi connectivity index (χ1n) is 7.56. The molecule has 3 unspecified atom stereocenters. The third kappa shape index (κ3) is 5.72. The van der Waals surface area contributed by atoms with Crippen molar-refractivity contribution < 1.29 is 5.11 Å². The van der Waals surface area contributed by atoms with Crippen molar-refractivity contribution in [2.45, 2.75) is 77.2 Å². The monoisotopic (exact) mass is 238 g/mol. The van der Waals surface area contributed by atoms with Crippen molar-refractivity contribution in [3.8, 4) is 0 Å². The Morgan fingerprint density at radius 3 is 2.71 bits per heavy atom. The average molecular weight is 238 g/mol. The van der Waals surface area contributed by atoms with Crippen molar-refractivity contribution in [2.24, 2.45) is 11.8 Å². The zero-order valence-electron chi connectivity index (χ0n) is 11.5. The third-order valence-electron chi connectivity index (χ3n) is 4.23. The van der Waals surface area contributed by atoms with Crippen molar-refractivity contribution in [2.75, 3.05) is 0 Å². The summed E-state index contributed by atoms with van der Waals surface area (Å²) in [5.41, 5.74) is 0. The molecular formula is C16H30O. The molecule has 1 rings (SSSR count). The molecular weight excluding hydrogens is 208 g/mol. The molecule has 0 saturated heterocycles. The van der Waals surface area contributed by atoms with E-state index in [0.717, 1.165) is 18.8 Å². The highest BCUT2D eigenvalue weighted by Gasteiger charge is 2.27. The lowest BCUT2D eigenvalue weighted by Gasteiger charge is -2.33. The first-order chi connectivity index (χ1) is 8.27. The summed E-state index contributed by atoms with van der Waals surface area (Å²) in [6.45, 7) is 6.02. The van der Waals surface area contributed by atoms with Crippen LogP contribution in [0.5, 0.6) is 0 Å². The van der Waals surface area contributed by atoms with Crippen LogP contribution >= 0.6 is 0 Å². The Balaban J connectivity index is 2.17. The standard InChI is InChI=1S/C16H30O/c1-3-5-6-7-8-10-15-13-14(9-4-2)11-12-16(15)17/h3,14-17H,1,4-13H2,2H3. The van der Waals surface area contributed by atoms with Gasteiger partial charge in [0.2, 0.25) is 0 Å². The number of rotatable bonds is 8. The second kappa shape index (κ2) is 8.74. The molecule has 1 fully saturated rings. The van der Waals surface area contributed by atoms with Crippen LogP contribution in [0.2, 0.25) is 0 Å². The molecule has 3 atom stereocenters. The first-order valence-corrected chi connectivity index (χ1v) is 7.56. The van der Waals surface area contributed by atoms with Crippen molar-refractivity contribution in [1.29, 1.82) is 0 Å². The highest BCUT2D eigenvalue weighted by atomic mass is 16.3. The first kappa shape index (κ1) is 14.8. The van der Waals surface area contributed by atoms with Crippen LogP contribution in [-0.4, -0.2) is 11.2 Å². The maximum Gasteiger partial charge on any atom is 0.0568 e. The van der Waals surface area contributed by atoms with Crippen LogP contribution in [0.15, 0.2) is 12.7 Å². The second-order valence-electron chi connectivity index (χ2n) is 5.72. The van der Waals surface area contributed by atoms with E-state index in [1.54, 1.807) is 0 Å². The maximum absolute atomic E-state index is 10.0. The minimum Gasteiger partial charge on any atom is -0.393 e. The van der Waals surface area contributed by atoms with E-state index >= 15 is 0 Å². The highest BCUT2D eigenvalue weighted by molar-refractivity contribution is 4.79. The van der Waals surface area contributed by atoms with Gasteiger partial charge in [-0.25, -0.2) is 0 Å². The fourth-order valence-electron chi connectivity index (χ4n) is 3.20. The van der Waals surface area contributed by atoms with E-state index in [9.17, 15) is 5.11 Å². The zero-order chi connectivity index (χ0) is 12.5. The fraction of sp³-hybridized carbons (Fsp3) is 0.875. The fourth-order valence-corrected chi connectivity index (χ4v) is 3.20. The number of hydrogen-bond donors (Lipinski definition) is 1. The van der Waals surface area contributed by atoms with Gasteiger partial charge >= 0.3 is 0 Å². The van der Waals surface area contributed by atoms with Gasteiger partial charge < -0.3 is 5.11 Å². The molecule has 100 valence electrons. The largest absolute Gasteiger partial charge is 0.393 e. The molecule has 0 bridgehead atoms. The lowest BCUT2D eigenvalue weighted by atomic mass is 9.75. The van der Waals surface area contributed by atoms with E-state index < -0.39 is 0 Å². The molecule has 0 aromatic rings. The number of aliphatic hydroxyl groups is 1. The number of aliphatic hydroxyl groups excluding tert-OH is 1. The molecule has 1 aliphatic carbocycles. The van der Waals surface area contributed by atoms with Gasteiger partial charge in [-0.2, -0.15) is 0 Å². The summed E-state index contributed by atoms with van der Waals surface area (Å²) in [5.74, 6) is 1.48. The van der Waals surface area contributed by atoms with Crippen LogP contribution in [0.25, 0.3) is 0 Å². The van der Waals surface area contributed by atoms with Gasteiger partial charge in [0.1, 0.15) is 0 Å². The Morgan fingerprint density at radius 2 is 2.00 bits per heavy atom. The Hall–Kier alpha value is -0.300. The number of unbranched alkanes of at least 4 members (excludes halogenated alkanes) is 3.